The van der Waals surface area contributed by atoms with Crippen LogP contribution in [0.1, 0.15) is 65.3 Å². The Morgan fingerprint density at radius 1 is 0.923 bits per heavy atom. The van der Waals surface area contributed by atoms with Crippen molar-refractivity contribution in [1.82, 2.24) is 0 Å². The topological polar surface area (TPSA) is 60.4 Å². The van der Waals surface area contributed by atoms with Crippen LogP contribution in [0.4, 0.5) is 0 Å². The number of ketones is 3. The largest absolute Gasteiger partial charge is 0.491 e. The SMILES string of the molecule is CCCCC(C)Oc1ccc(C2C(=O)C(=O)c3ccccc3C2=O)cc1. The second-order valence-electron chi connectivity index (χ2n) is 6.68. The highest BCUT2D eigenvalue weighted by Crippen LogP contribution is 2.31. The zero-order valence-corrected chi connectivity index (χ0v) is 15.0. The van der Waals surface area contributed by atoms with E-state index in [-0.39, 0.29) is 17.5 Å². The molecule has 0 spiro atoms. The molecule has 2 aromatic carbocycles. The summed E-state index contributed by atoms with van der Waals surface area (Å²) in [5.41, 5.74) is 1.04. The van der Waals surface area contributed by atoms with Crippen LogP contribution in [-0.4, -0.2) is 23.5 Å². The second kappa shape index (κ2) is 7.65. The molecule has 0 amide bonds. The van der Waals surface area contributed by atoms with Gasteiger partial charge in [-0.25, -0.2) is 0 Å². The molecule has 0 fully saturated rings. The highest BCUT2D eigenvalue weighted by Gasteiger charge is 2.40. The van der Waals surface area contributed by atoms with Crippen LogP contribution in [-0.2, 0) is 4.79 Å². The number of ether oxygens (including phenoxy) is 1. The van der Waals surface area contributed by atoms with E-state index in [4.69, 9.17) is 4.74 Å². The van der Waals surface area contributed by atoms with Gasteiger partial charge in [0.05, 0.1) is 6.10 Å². The Balaban J connectivity index is 1.82. The molecule has 2 unspecified atom stereocenters. The van der Waals surface area contributed by atoms with Crippen LogP contribution in [0.25, 0.3) is 0 Å². The van der Waals surface area contributed by atoms with Gasteiger partial charge >= 0.3 is 0 Å². The molecule has 0 saturated heterocycles. The molecule has 0 bridgehead atoms. The van der Waals surface area contributed by atoms with Gasteiger partial charge in [-0.15, -0.1) is 0 Å². The van der Waals surface area contributed by atoms with Crippen molar-refractivity contribution >= 4 is 17.3 Å². The molecule has 3 rings (SSSR count). The summed E-state index contributed by atoms with van der Waals surface area (Å²) < 4.78 is 5.85. The number of Topliss-reactive ketones (excluding diaryl/α,β-unsaturated/α-hetero) is 3. The van der Waals surface area contributed by atoms with Gasteiger partial charge in [-0.3, -0.25) is 14.4 Å². The van der Waals surface area contributed by atoms with Gasteiger partial charge in [-0.05, 0) is 31.0 Å². The fourth-order valence-electron chi connectivity index (χ4n) is 3.26. The van der Waals surface area contributed by atoms with E-state index in [1.165, 1.54) is 6.07 Å². The van der Waals surface area contributed by atoms with Gasteiger partial charge in [0.15, 0.2) is 5.78 Å². The third kappa shape index (κ3) is 3.45. The molecule has 0 radical (unpaired) electrons. The first-order valence-corrected chi connectivity index (χ1v) is 9.01. The number of benzene rings is 2. The van der Waals surface area contributed by atoms with Crippen LogP contribution < -0.4 is 4.74 Å². The van der Waals surface area contributed by atoms with Crippen molar-refractivity contribution in [2.45, 2.75) is 45.1 Å². The van der Waals surface area contributed by atoms with Crippen molar-refractivity contribution in [2.75, 3.05) is 0 Å². The first-order chi connectivity index (χ1) is 12.5. The highest BCUT2D eigenvalue weighted by molar-refractivity contribution is 6.53. The fourth-order valence-corrected chi connectivity index (χ4v) is 3.26. The van der Waals surface area contributed by atoms with E-state index in [1.54, 1.807) is 42.5 Å². The molecule has 26 heavy (non-hydrogen) atoms. The zero-order chi connectivity index (χ0) is 18.7. The van der Waals surface area contributed by atoms with E-state index < -0.39 is 17.5 Å². The van der Waals surface area contributed by atoms with E-state index >= 15 is 0 Å². The minimum atomic E-state index is -1.07. The molecule has 0 aromatic heterocycles. The second-order valence-corrected chi connectivity index (χ2v) is 6.68. The molecule has 0 aliphatic heterocycles. The molecule has 0 saturated carbocycles. The summed E-state index contributed by atoms with van der Waals surface area (Å²) in [4.78, 5) is 37.6. The Labute approximate surface area is 153 Å². The lowest BCUT2D eigenvalue weighted by molar-refractivity contribution is -0.115. The lowest BCUT2D eigenvalue weighted by Gasteiger charge is -2.22. The van der Waals surface area contributed by atoms with Crippen molar-refractivity contribution < 1.29 is 19.1 Å². The Morgan fingerprint density at radius 2 is 1.58 bits per heavy atom. The zero-order valence-electron chi connectivity index (χ0n) is 15.0. The number of hydrogen-bond acceptors (Lipinski definition) is 4. The van der Waals surface area contributed by atoms with Crippen LogP contribution in [0.2, 0.25) is 0 Å². The molecule has 2 aromatic rings. The van der Waals surface area contributed by atoms with Gasteiger partial charge in [0.2, 0.25) is 11.6 Å². The number of fused-ring (bicyclic) bond motifs is 1. The average Bonchev–Trinajstić information content (AvgIpc) is 2.66. The van der Waals surface area contributed by atoms with Crippen LogP contribution in [0.3, 0.4) is 0 Å². The van der Waals surface area contributed by atoms with Crippen molar-refractivity contribution in [1.29, 1.82) is 0 Å². The number of carbonyl (C=O) groups is 3. The van der Waals surface area contributed by atoms with E-state index in [1.807, 2.05) is 6.92 Å². The number of rotatable bonds is 6. The normalized spacial score (nSPS) is 17.8. The molecule has 134 valence electrons. The van der Waals surface area contributed by atoms with Crippen LogP contribution >= 0.6 is 0 Å². The summed E-state index contributed by atoms with van der Waals surface area (Å²) in [6, 6.07) is 13.4. The molecule has 0 N–H and O–H groups in total. The summed E-state index contributed by atoms with van der Waals surface area (Å²) in [6.45, 7) is 4.16. The lowest BCUT2D eigenvalue weighted by atomic mass is 9.77. The maximum absolute atomic E-state index is 12.7. The highest BCUT2D eigenvalue weighted by atomic mass is 16.5. The Kier molecular flexibility index (Phi) is 5.31. The molecule has 4 heteroatoms. The smallest absolute Gasteiger partial charge is 0.230 e. The van der Waals surface area contributed by atoms with E-state index in [0.717, 1.165) is 19.3 Å². The molecular weight excluding hydrogens is 328 g/mol. The van der Waals surface area contributed by atoms with Gasteiger partial charge in [-0.1, -0.05) is 56.2 Å². The molecule has 2 atom stereocenters. The van der Waals surface area contributed by atoms with Crippen LogP contribution in [0.5, 0.6) is 5.75 Å². The van der Waals surface area contributed by atoms with Crippen molar-refractivity contribution in [3.8, 4) is 5.75 Å². The quantitative estimate of drug-likeness (QED) is 0.573. The van der Waals surface area contributed by atoms with Gasteiger partial charge in [0, 0.05) is 11.1 Å². The van der Waals surface area contributed by atoms with Crippen molar-refractivity contribution in [3.05, 3.63) is 65.2 Å². The molecular formula is C22H22O4. The summed E-state index contributed by atoms with van der Waals surface area (Å²) in [7, 11) is 0. The Morgan fingerprint density at radius 3 is 2.23 bits per heavy atom. The number of carbonyl (C=O) groups excluding carboxylic acids is 3. The monoisotopic (exact) mass is 350 g/mol. The minimum absolute atomic E-state index is 0.104. The number of unbranched alkanes of at least 4 members (excludes halogenated alkanes) is 1. The third-order valence-electron chi connectivity index (χ3n) is 4.70. The van der Waals surface area contributed by atoms with Gasteiger partial charge < -0.3 is 4.74 Å². The Bertz CT molecular complexity index is 835. The minimum Gasteiger partial charge on any atom is -0.491 e. The predicted octanol–water partition coefficient (Wildman–Crippen LogP) is 4.38. The van der Waals surface area contributed by atoms with Gasteiger partial charge in [0.1, 0.15) is 11.7 Å². The van der Waals surface area contributed by atoms with Crippen LogP contribution in [0.15, 0.2) is 48.5 Å². The Hall–Kier alpha value is -2.75. The molecule has 1 aliphatic carbocycles. The van der Waals surface area contributed by atoms with Crippen molar-refractivity contribution in [3.63, 3.8) is 0 Å². The van der Waals surface area contributed by atoms with Crippen LogP contribution in [0, 0.1) is 0 Å². The summed E-state index contributed by atoms with van der Waals surface area (Å²) in [5, 5.41) is 0. The summed E-state index contributed by atoms with van der Waals surface area (Å²) in [5.74, 6) is -1.96. The average molecular weight is 350 g/mol. The maximum atomic E-state index is 12.7. The first kappa shape index (κ1) is 18.1. The molecule has 1 aliphatic rings. The summed E-state index contributed by atoms with van der Waals surface area (Å²) >= 11 is 0. The lowest BCUT2D eigenvalue weighted by Crippen LogP contribution is -2.35. The molecule has 4 nitrogen and oxygen atoms in total. The molecule has 0 heterocycles. The van der Waals surface area contributed by atoms with E-state index in [9.17, 15) is 14.4 Å². The number of hydrogen-bond donors (Lipinski definition) is 0. The van der Waals surface area contributed by atoms with E-state index in [0.29, 0.717) is 16.9 Å². The van der Waals surface area contributed by atoms with Crippen molar-refractivity contribution in [2.24, 2.45) is 0 Å². The fraction of sp³-hybridized carbons (Fsp3) is 0.318. The predicted molar refractivity (Wildman–Crippen MR) is 98.9 cm³/mol. The maximum Gasteiger partial charge on any atom is 0.230 e. The summed E-state index contributed by atoms with van der Waals surface area (Å²) in [6.07, 6.45) is 3.30. The van der Waals surface area contributed by atoms with E-state index in [2.05, 4.69) is 6.92 Å². The van der Waals surface area contributed by atoms with Gasteiger partial charge in [-0.2, -0.15) is 0 Å². The first-order valence-electron chi connectivity index (χ1n) is 9.01. The third-order valence-corrected chi connectivity index (χ3v) is 4.70. The van der Waals surface area contributed by atoms with Gasteiger partial charge in [0.25, 0.3) is 0 Å². The standard InChI is InChI=1S/C22H22O4/c1-3-4-7-14(2)26-16-12-10-15(11-13-16)19-20(23)17-8-5-6-9-18(17)21(24)22(19)25/h5-6,8-14,19H,3-4,7H2,1-2H3.